The molecule has 3 rings (SSSR count). The summed E-state index contributed by atoms with van der Waals surface area (Å²) in [6, 6.07) is 15.3. The van der Waals surface area contributed by atoms with E-state index in [1.807, 2.05) is 42.5 Å². The predicted molar refractivity (Wildman–Crippen MR) is 79.5 cm³/mol. The third kappa shape index (κ3) is 1.96. The molecule has 0 aliphatic carbocycles. The average Bonchev–Trinajstić information content (AvgIpc) is 2.45. The zero-order valence-electron chi connectivity index (χ0n) is 9.89. The SMILES string of the molecule is O=CC(=O)c1cc2ccccc2c2cc(Br)ccc12. The highest BCUT2D eigenvalue weighted by Gasteiger charge is 2.12. The Hall–Kier alpha value is -2.00. The second-order valence-corrected chi connectivity index (χ2v) is 5.23. The van der Waals surface area contributed by atoms with E-state index in [2.05, 4.69) is 15.9 Å². The lowest BCUT2D eigenvalue weighted by Crippen LogP contribution is -2.01. The molecule has 0 N–H and O–H groups in total. The van der Waals surface area contributed by atoms with Gasteiger partial charge in [-0.15, -0.1) is 0 Å². The van der Waals surface area contributed by atoms with E-state index in [1.165, 1.54) is 0 Å². The van der Waals surface area contributed by atoms with Crippen LogP contribution in [0.2, 0.25) is 0 Å². The molecule has 3 aromatic rings. The van der Waals surface area contributed by atoms with Crippen LogP contribution in [0.1, 0.15) is 10.4 Å². The van der Waals surface area contributed by atoms with Crippen molar-refractivity contribution in [1.29, 1.82) is 0 Å². The van der Waals surface area contributed by atoms with E-state index in [1.54, 1.807) is 6.07 Å². The first-order chi connectivity index (χ1) is 9.20. The predicted octanol–water partition coefficient (Wildman–Crippen LogP) is 4.14. The maximum atomic E-state index is 11.8. The molecule has 0 spiro atoms. The molecule has 0 bridgehead atoms. The Morgan fingerprint density at radius 2 is 1.74 bits per heavy atom. The number of halogens is 1. The van der Waals surface area contributed by atoms with E-state index < -0.39 is 5.78 Å². The van der Waals surface area contributed by atoms with E-state index in [4.69, 9.17) is 0 Å². The zero-order valence-corrected chi connectivity index (χ0v) is 11.5. The highest BCUT2D eigenvalue weighted by molar-refractivity contribution is 9.10. The molecule has 0 saturated heterocycles. The number of benzene rings is 3. The van der Waals surface area contributed by atoms with Crippen molar-refractivity contribution in [1.82, 2.24) is 0 Å². The van der Waals surface area contributed by atoms with Gasteiger partial charge in [0, 0.05) is 10.0 Å². The van der Waals surface area contributed by atoms with Crippen LogP contribution in [-0.4, -0.2) is 12.1 Å². The van der Waals surface area contributed by atoms with E-state index in [0.717, 1.165) is 26.0 Å². The molecular formula is C16H9BrO2. The maximum absolute atomic E-state index is 11.8. The number of Topliss-reactive ketones (excluding diaryl/α,β-unsaturated/α-hetero) is 1. The average molecular weight is 313 g/mol. The van der Waals surface area contributed by atoms with E-state index in [-0.39, 0.29) is 0 Å². The topological polar surface area (TPSA) is 34.1 Å². The Morgan fingerprint density at radius 1 is 0.947 bits per heavy atom. The van der Waals surface area contributed by atoms with Crippen molar-refractivity contribution in [2.75, 3.05) is 0 Å². The van der Waals surface area contributed by atoms with Crippen LogP contribution < -0.4 is 0 Å². The number of rotatable bonds is 2. The Balaban J connectivity index is 2.55. The lowest BCUT2D eigenvalue weighted by molar-refractivity contribution is -0.104. The van der Waals surface area contributed by atoms with Gasteiger partial charge in [-0.3, -0.25) is 9.59 Å². The van der Waals surface area contributed by atoms with Crippen molar-refractivity contribution in [3.63, 3.8) is 0 Å². The standard InChI is InChI=1S/C16H9BrO2/c17-11-5-6-13-14(8-11)12-4-2-1-3-10(12)7-15(13)16(19)9-18/h1-9H. The van der Waals surface area contributed by atoms with Crippen LogP contribution in [0.3, 0.4) is 0 Å². The lowest BCUT2D eigenvalue weighted by Gasteiger charge is -2.08. The summed E-state index contributed by atoms with van der Waals surface area (Å²) in [5.41, 5.74) is 0.455. The largest absolute Gasteiger partial charge is 0.294 e. The molecule has 0 aliphatic rings. The van der Waals surface area contributed by atoms with Crippen molar-refractivity contribution in [3.8, 4) is 0 Å². The number of hydrogen-bond donors (Lipinski definition) is 0. The normalized spacial score (nSPS) is 10.8. The third-order valence-corrected chi connectivity index (χ3v) is 3.69. The van der Waals surface area contributed by atoms with Crippen molar-refractivity contribution in [2.24, 2.45) is 0 Å². The molecule has 3 heteroatoms. The summed E-state index contributed by atoms with van der Waals surface area (Å²) in [6.07, 6.45) is 0.367. The van der Waals surface area contributed by atoms with Crippen LogP contribution in [0, 0.1) is 0 Å². The molecule has 0 unspecified atom stereocenters. The molecule has 0 aromatic heterocycles. The summed E-state index contributed by atoms with van der Waals surface area (Å²) in [7, 11) is 0. The van der Waals surface area contributed by atoms with E-state index >= 15 is 0 Å². The molecule has 0 aliphatic heterocycles. The number of carbonyl (C=O) groups excluding carboxylic acids is 2. The minimum absolute atomic E-state index is 0.367. The van der Waals surface area contributed by atoms with Gasteiger partial charge in [-0.1, -0.05) is 46.3 Å². The van der Waals surface area contributed by atoms with Crippen LogP contribution in [0.5, 0.6) is 0 Å². The van der Waals surface area contributed by atoms with Crippen LogP contribution in [0.4, 0.5) is 0 Å². The Bertz CT molecular complexity index is 821. The maximum Gasteiger partial charge on any atom is 0.226 e. The Morgan fingerprint density at radius 3 is 2.53 bits per heavy atom. The molecule has 0 saturated carbocycles. The Kier molecular flexibility index (Phi) is 2.91. The van der Waals surface area contributed by atoms with Gasteiger partial charge in [0.05, 0.1) is 0 Å². The Labute approximate surface area is 118 Å². The molecule has 0 amide bonds. The number of aldehydes is 1. The van der Waals surface area contributed by atoms with Crippen molar-refractivity contribution < 1.29 is 9.59 Å². The molecule has 3 aromatic carbocycles. The quantitative estimate of drug-likeness (QED) is 0.308. The second kappa shape index (κ2) is 4.59. The molecule has 0 atom stereocenters. The van der Waals surface area contributed by atoms with Gasteiger partial charge in [-0.05, 0) is 39.7 Å². The van der Waals surface area contributed by atoms with Gasteiger partial charge >= 0.3 is 0 Å². The molecule has 92 valence electrons. The monoisotopic (exact) mass is 312 g/mol. The summed E-state index contributed by atoms with van der Waals surface area (Å²) in [5, 5.41) is 3.80. The fraction of sp³-hybridized carbons (Fsp3) is 0. The molecule has 0 heterocycles. The van der Waals surface area contributed by atoms with Crippen LogP contribution >= 0.6 is 15.9 Å². The summed E-state index contributed by atoms with van der Waals surface area (Å²) in [4.78, 5) is 22.6. The number of hydrogen-bond acceptors (Lipinski definition) is 2. The van der Waals surface area contributed by atoms with Gasteiger partial charge in [0.2, 0.25) is 5.78 Å². The van der Waals surface area contributed by atoms with Crippen LogP contribution in [-0.2, 0) is 4.79 Å². The van der Waals surface area contributed by atoms with Gasteiger partial charge in [0.15, 0.2) is 6.29 Å². The molecule has 19 heavy (non-hydrogen) atoms. The number of ketones is 1. The van der Waals surface area contributed by atoms with E-state index in [0.29, 0.717) is 11.8 Å². The third-order valence-electron chi connectivity index (χ3n) is 3.20. The highest BCUT2D eigenvalue weighted by Crippen LogP contribution is 2.31. The van der Waals surface area contributed by atoms with Crippen LogP contribution in [0.25, 0.3) is 21.5 Å². The minimum atomic E-state index is -0.488. The van der Waals surface area contributed by atoms with Crippen molar-refractivity contribution in [3.05, 3.63) is 58.6 Å². The van der Waals surface area contributed by atoms with Gasteiger partial charge in [0.1, 0.15) is 0 Å². The molecule has 0 radical (unpaired) electrons. The van der Waals surface area contributed by atoms with Crippen molar-refractivity contribution in [2.45, 2.75) is 0 Å². The van der Waals surface area contributed by atoms with Crippen LogP contribution in [0.15, 0.2) is 53.0 Å². The summed E-state index contributed by atoms with van der Waals surface area (Å²) < 4.78 is 0.945. The fourth-order valence-electron chi connectivity index (χ4n) is 2.34. The first kappa shape index (κ1) is 12.1. The lowest BCUT2D eigenvalue weighted by atomic mass is 9.95. The van der Waals surface area contributed by atoms with Gasteiger partial charge in [-0.25, -0.2) is 0 Å². The number of carbonyl (C=O) groups is 2. The zero-order chi connectivity index (χ0) is 13.4. The minimum Gasteiger partial charge on any atom is -0.294 e. The van der Waals surface area contributed by atoms with E-state index in [9.17, 15) is 9.59 Å². The second-order valence-electron chi connectivity index (χ2n) is 4.32. The summed E-state index contributed by atoms with van der Waals surface area (Å²) >= 11 is 3.44. The summed E-state index contributed by atoms with van der Waals surface area (Å²) in [6.45, 7) is 0. The first-order valence-electron chi connectivity index (χ1n) is 5.81. The van der Waals surface area contributed by atoms with Gasteiger partial charge < -0.3 is 0 Å². The highest BCUT2D eigenvalue weighted by atomic mass is 79.9. The van der Waals surface area contributed by atoms with Crippen molar-refractivity contribution >= 4 is 49.5 Å². The molecular weight excluding hydrogens is 304 g/mol. The van der Waals surface area contributed by atoms with Gasteiger partial charge in [0.25, 0.3) is 0 Å². The molecule has 2 nitrogen and oxygen atoms in total. The number of fused-ring (bicyclic) bond motifs is 3. The van der Waals surface area contributed by atoms with Gasteiger partial charge in [-0.2, -0.15) is 0 Å². The smallest absolute Gasteiger partial charge is 0.226 e. The fourth-order valence-corrected chi connectivity index (χ4v) is 2.70. The first-order valence-corrected chi connectivity index (χ1v) is 6.60. The summed E-state index contributed by atoms with van der Waals surface area (Å²) in [5.74, 6) is -0.488. The molecule has 0 fully saturated rings.